The zero-order chi connectivity index (χ0) is 17.1. The van der Waals surface area contributed by atoms with Gasteiger partial charge in [-0.25, -0.2) is 0 Å². The molecule has 24 heavy (non-hydrogen) atoms. The minimum absolute atomic E-state index is 0.169. The van der Waals surface area contributed by atoms with Crippen LogP contribution in [0.15, 0.2) is 59.0 Å². The third-order valence-electron chi connectivity index (χ3n) is 3.94. The highest BCUT2D eigenvalue weighted by Gasteiger charge is 2.17. The Bertz CT molecular complexity index is 866. The molecule has 2 aromatic carbocycles. The molecule has 0 aliphatic carbocycles. The fourth-order valence-corrected chi connectivity index (χ4v) is 2.73. The van der Waals surface area contributed by atoms with Crippen molar-refractivity contribution < 1.29 is 9.21 Å². The van der Waals surface area contributed by atoms with Crippen molar-refractivity contribution in [2.45, 2.75) is 20.3 Å². The molecule has 4 heteroatoms. The highest BCUT2D eigenvalue weighted by molar-refractivity contribution is 6.30. The second kappa shape index (κ2) is 6.93. The van der Waals surface area contributed by atoms with Crippen LogP contribution in [0, 0.1) is 6.92 Å². The summed E-state index contributed by atoms with van der Waals surface area (Å²) in [5, 5.41) is 3.64. The number of aryl methyl sites for hydroxylation is 2. The normalized spacial score (nSPS) is 10.6. The molecule has 0 saturated carbocycles. The Balaban J connectivity index is 1.87. The lowest BCUT2D eigenvalue weighted by Gasteiger charge is -2.08. The van der Waals surface area contributed by atoms with Gasteiger partial charge in [0, 0.05) is 16.3 Å². The highest BCUT2D eigenvalue weighted by Crippen LogP contribution is 2.27. The molecule has 1 heterocycles. The van der Waals surface area contributed by atoms with E-state index in [9.17, 15) is 4.79 Å². The SMILES string of the molecule is CCc1ccccc1NC(=O)c1cc(-c2ccc(Cl)cc2)oc1C. The minimum atomic E-state index is -0.169. The summed E-state index contributed by atoms with van der Waals surface area (Å²) in [4.78, 5) is 12.6. The first-order chi connectivity index (χ1) is 11.6. The van der Waals surface area contributed by atoms with Crippen LogP contribution >= 0.6 is 11.6 Å². The van der Waals surface area contributed by atoms with Crippen LogP contribution in [0.1, 0.15) is 28.6 Å². The second-order valence-corrected chi connectivity index (χ2v) is 5.99. The number of carbonyl (C=O) groups is 1. The Morgan fingerprint density at radius 2 is 1.83 bits per heavy atom. The number of furan rings is 1. The average Bonchev–Trinajstić information content (AvgIpc) is 2.98. The summed E-state index contributed by atoms with van der Waals surface area (Å²) < 4.78 is 5.75. The molecule has 122 valence electrons. The van der Waals surface area contributed by atoms with Crippen LogP contribution in [0.25, 0.3) is 11.3 Å². The van der Waals surface area contributed by atoms with E-state index in [1.807, 2.05) is 36.4 Å². The molecule has 3 rings (SSSR count). The maximum Gasteiger partial charge on any atom is 0.259 e. The molecule has 0 saturated heterocycles. The van der Waals surface area contributed by atoms with Crippen LogP contribution < -0.4 is 5.32 Å². The van der Waals surface area contributed by atoms with Crippen LogP contribution in [-0.2, 0) is 6.42 Å². The van der Waals surface area contributed by atoms with E-state index in [0.717, 1.165) is 23.2 Å². The van der Waals surface area contributed by atoms with Gasteiger partial charge in [0.15, 0.2) is 0 Å². The standard InChI is InChI=1S/C20H18ClNO2/c1-3-14-6-4-5-7-18(14)22-20(23)17-12-19(24-13(17)2)15-8-10-16(21)11-9-15/h4-12H,3H2,1-2H3,(H,22,23). The van der Waals surface area contributed by atoms with Gasteiger partial charge in [0.1, 0.15) is 11.5 Å². The quantitative estimate of drug-likeness (QED) is 0.660. The molecule has 0 spiro atoms. The Kier molecular flexibility index (Phi) is 4.72. The topological polar surface area (TPSA) is 42.2 Å². The number of hydrogen-bond donors (Lipinski definition) is 1. The van der Waals surface area contributed by atoms with Crippen LogP contribution in [0.4, 0.5) is 5.69 Å². The fourth-order valence-electron chi connectivity index (χ4n) is 2.60. The number of para-hydroxylation sites is 1. The maximum absolute atomic E-state index is 12.6. The number of benzene rings is 2. The fraction of sp³-hybridized carbons (Fsp3) is 0.150. The van der Waals surface area contributed by atoms with Crippen molar-refractivity contribution in [1.82, 2.24) is 0 Å². The molecule has 3 aromatic rings. The van der Waals surface area contributed by atoms with Crippen molar-refractivity contribution in [3.05, 3.63) is 76.5 Å². The molecule has 0 fully saturated rings. The van der Waals surface area contributed by atoms with E-state index in [4.69, 9.17) is 16.0 Å². The van der Waals surface area contributed by atoms with E-state index in [-0.39, 0.29) is 5.91 Å². The van der Waals surface area contributed by atoms with Gasteiger partial charge in [0.25, 0.3) is 5.91 Å². The summed E-state index contributed by atoms with van der Waals surface area (Å²) in [7, 11) is 0. The first-order valence-corrected chi connectivity index (χ1v) is 8.22. The molecule has 0 atom stereocenters. The zero-order valence-electron chi connectivity index (χ0n) is 13.6. The van der Waals surface area contributed by atoms with Crippen molar-refractivity contribution >= 4 is 23.2 Å². The number of halogens is 1. The molecular weight excluding hydrogens is 322 g/mol. The minimum Gasteiger partial charge on any atom is -0.461 e. The third kappa shape index (κ3) is 3.36. The van der Waals surface area contributed by atoms with Crippen LogP contribution in [-0.4, -0.2) is 5.91 Å². The predicted molar refractivity (Wildman–Crippen MR) is 97.7 cm³/mol. The number of nitrogens with one attached hydrogen (secondary N) is 1. The van der Waals surface area contributed by atoms with Crippen molar-refractivity contribution in [2.75, 3.05) is 5.32 Å². The lowest BCUT2D eigenvalue weighted by molar-refractivity contribution is 0.102. The third-order valence-corrected chi connectivity index (χ3v) is 4.19. The summed E-state index contributed by atoms with van der Waals surface area (Å²) in [6.07, 6.45) is 0.858. The van der Waals surface area contributed by atoms with Crippen LogP contribution in [0.5, 0.6) is 0 Å². The van der Waals surface area contributed by atoms with Crippen molar-refractivity contribution in [3.63, 3.8) is 0 Å². The summed E-state index contributed by atoms with van der Waals surface area (Å²) in [6.45, 7) is 3.85. The van der Waals surface area contributed by atoms with Gasteiger partial charge in [-0.15, -0.1) is 0 Å². The zero-order valence-corrected chi connectivity index (χ0v) is 14.4. The Labute approximate surface area is 146 Å². The van der Waals surface area contributed by atoms with E-state index >= 15 is 0 Å². The molecule has 0 aliphatic rings. The monoisotopic (exact) mass is 339 g/mol. The first-order valence-electron chi connectivity index (χ1n) is 7.84. The molecule has 0 radical (unpaired) electrons. The van der Waals surface area contributed by atoms with Gasteiger partial charge in [-0.05, 0) is 55.3 Å². The predicted octanol–water partition coefficient (Wildman–Crippen LogP) is 5.72. The summed E-state index contributed by atoms with van der Waals surface area (Å²) in [6, 6.07) is 16.9. The van der Waals surface area contributed by atoms with Gasteiger partial charge < -0.3 is 9.73 Å². The lowest BCUT2D eigenvalue weighted by Crippen LogP contribution is -2.13. The Morgan fingerprint density at radius 3 is 2.54 bits per heavy atom. The van der Waals surface area contributed by atoms with E-state index < -0.39 is 0 Å². The molecule has 1 aromatic heterocycles. The van der Waals surface area contributed by atoms with Gasteiger partial charge in [-0.3, -0.25) is 4.79 Å². The molecule has 1 N–H and O–H groups in total. The number of carbonyl (C=O) groups excluding carboxylic acids is 1. The van der Waals surface area contributed by atoms with Crippen molar-refractivity contribution in [3.8, 4) is 11.3 Å². The molecule has 1 amide bonds. The molecule has 0 aliphatic heterocycles. The number of rotatable bonds is 4. The van der Waals surface area contributed by atoms with Gasteiger partial charge in [0.05, 0.1) is 5.56 Å². The molecule has 0 unspecified atom stereocenters. The van der Waals surface area contributed by atoms with E-state index in [1.165, 1.54) is 0 Å². The van der Waals surface area contributed by atoms with Gasteiger partial charge in [-0.2, -0.15) is 0 Å². The van der Waals surface area contributed by atoms with E-state index in [2.05, 4.69) is 12.2 Å². The van der Waals surface area contributed by atoms with Gasteiger partial charge in [0.2, 0.25) is 0 Å². The van der Waals surface area contributed by atoms with Gasteiger partial charge in [-0.1, -0.05) is 36.7 Å². The van der Waals surface area contributed by atoms with Crippen LogP contribution in [0.2, 0.25) is 5.02 Å². The smallest absolute Gasteiger partial charge is 0.259 e. The average molecular weight is 340 g/mol. The number of hydrogen-bond acceptors (Lipinski definition) is 2. The largest absolute Gasteiger partial charge is 0.461 e. The Morgan fingerprint density at radius 1 is 1.12 bits per heavy atom. The van der Waals surface area contributed by atoms with E-state index in [1.54, 1.807) is 25.1 Å². The molecule has 0 bridgehead atoms. The molecule has 3 nitrogen and oxygen atoms in total. The number of amides is 1. The second-order valence-electron chi connectivity index (χ2n) is 5.55. The molecular formula is C20H18ClNO2. The lowest BCUT2D eigenvalue weighted by atomic mass is 10.1. The van der Waals surface area contributed by atoms with Gasteiger partial charge >= 0.3 is 0 Å². The van der Waals surface area contributed by atoms with Crippen LogP contribution in [0.3, 0.4) is 0 Å². The van der Waals surface area contributed by atoms with Crippen molar-refractivity contribution in [2.24, 2.45) is 0 Å². The number of anilines is 1. The van der Waals surface area contributed by atoms with Crippen molar-refractivity contribution in [1.29, 1.82) is 0 Å². The first kappa shape index (κ1) is 16.3. The Hall–Kier alpha value is -2.52. The summed E-state index contributed by atoms with van der Waals surface area (Å²) in [5.41, 5.74) is 3.35. The summed E-state index contributed by atoms with van der Waals surface area (Å²) in [5.74, 6) is 1.07. The van der Waals surface area contributed by atoms with E-state index in [0.29, 0.717) is 22.1 Å². The highest BCUT2D eigenvalue weighted by atomic mass is 35.5. The summed E-state index contributed by atoms with van der Waals surface area (Å²) >= 11 is 5.91. The maximum atomic E-state index is 12.6.